The Kier molecular flexibility index (Phi) is 1.85. The van der Waals surface area contributed by atoms with E-state index >= 15 is 0 Å². The third kappa shape index (κ3) is 1.05. The Labute approximate surface area is 66.2 Å². The van der Waals surface area contributed by atoms with Crippen molar-refractivity contribution in [1.29, 1.82) is 0 Å². The maximum atomic E-state index is 2.48. The minimum absolute atomic E-state index is 0.406. The van der Waals surface area contributed by atoms with Crippen molar-refractivity contribution in [2.75, 3.05) is 0 Å². The molecule has 3 unspecified atom stereocenters. The van der Waals surface area contributed by atoms with E-state index < -0.39 is 0 Å². The third-order valence-corrected chi connectivity index (χ3v) is 6.25. The van der Waals surface area contributed by atoms with Crippen LogP contribution in [0.15, 0.2) is 0 Å². The van der Waals surface area contributed by atoms with Crippen molar-refractivity contribution in [1.82, 2.24) is 0 Å². The highest BCUT2D eigenvalue weighted by atomic mass is 28.2. The Balaban J connectivity index is 2.03. The fraction of sp³-hybridized carbons (Fsp3) is 1.00. The molecular weight excluding hydrogens is 136 g/mol. The lowest BCUT2D eigenvalue weighted by molar-refractivity contribution is 0.339. The van der Waals surface area contributed by atoms with E-state index in [2.05, 4.69) is 6.92 Å². The fourth-order valence-corrected chi connectivity index (χ4v) is 6.20. The molecule has 1 heteroatoms. The van der Waals surface area contributed by atoms with Crippen molar-refractivity contribution < 1.29 is 0 Å². The molecule has 0 spiro atoms. The number of hydrogen-bond acceptors (Lipinski definition) is 0. The molecule has 0 bridgehead atoms. The van der Waals surface area contributed by atoms with Gasteiger partial charge in [0.15, 0.2) is 0 Å². The molecule has 1 saturated heterocycles. The molecule has 10 heavy (non-hydrogen) atoms. The van der Waals surface area contributed by atoms with Gasteiger partial charge >= 0.3 is 0 Å². The van der Waals surface area contributed by atoms with Crippen LogP contribution in [-0.2, 0) is 0 Å². The zero-order chi connectivity index (χ0) is 6.97. The van der Waals surface area contributed by atoms with Gasteiger partial charge in [0, 0.05) is 9.52 Å². The summed E-state index contributed by atoms with van der Waals surface area (Å²) in [5, 5.41) is 0. The normalized spacial score (nSPS) is 49.5. The molecule has 0 radical (unpaired) electrons. The van der Waals surface area contributed by atoms with Crippen LogP contribution < -0.4 is 0 Å². The molecule has 1 aliphatic carbocycles. The first-order chi connectivity index (χ1) is 4.88. The maximum Gasteiger partial charge on any atom is 0.0235 e. The monoisotopic (exact) mass is 154 g/mol. The second kappa shape index (κ2) is 2.69. The van der Waals surface area contributed by atoms with Gasteiger partial charge < -0.3 is 0 Å². The molecule has 2 aliphatic rings. The first-order valence-corrected chi connectivity index (χ1v) is 6.69. The molecule has 2 rings (SSSR count). The summed E-state index contributed by atoms with van der Waals surface area (Å²) in [5.41, 5.74) is 1.28. The highest BCUT2D eigenvalue weighted by Gasteiger charge is 2.33. The Morgan fingerprint density at radius 3 is 2.90 bits per heavy atom. The van der Waals surface area contributed by atoms with Crippen LogP contribution in [0.3, 0.4) is 0 Å². The summed E-state index contributed by atoms with van der Waals surface area (Å²) in [6, 6.07) is 1.66. The lowest BCUT2D eigenvalue weighted by atomic mass is 9.89. The zero-order valence-electron chi connectivity index (χ0n) is 6.97. The van der Waals surface area contributed by atoms with Crippen LogP contribution >= 0.6 is 0 Å². The number of hydrogen-bond donors (Lipinski definition) is 0. The summed E-state index contributed by atoms with van der Waals surface area (Å²) in [6.45, 7) is 2.48. The average Bonchev–Trinajstić information content (AvgIpc) is 2.36. The van der Waals surface area contributed by atoms with Gasteiger partial charge in [-0.2, -0.15) is 0 Å². The molecule has 0 N–H and O–H groups in total. The fourth-order valence-electron chi connectivity index (χ4n) is 3.09. The maximum absolute atomic E-state index is 2.48. The molecule has 0 aromatic heterocycles. The van der Waals surface area contributed by atoms with E-state index in [0.717, 1.165) is 5.92 Å². The molecule has 1 saturated carbocycles. The Morgan fingerprint density at radius 1 is 1.20 bits per heavy atom. The van der Waals surface area contributed by atoms with Gasteiger partial charge in [-0.15, -0.1) is 0 Å². The summed E-state index contributed by atoms with van der Waals surface area (Å²) in [6.07, 6.45) is 6.33. The van der Waals surface area contributed by atoms with Gasteiger partial charge in [-0.3, -0.25) is 0 Å². The van der Waals surface area contributed by atoms with Crippen LogP contribution in [0.2, 0.25) is 11.6 Å². The van der Waals surface area contributed by atoms with E-state index in [9.17, 15) is 0 Å². The van der Waals surface area contributed by atoms with Crippen LogP contribution in [-0.4, -0.2) is 9.52 Å². The molecule has 0 aromatic carbocycles. The number of fused-ring (bicyclic) bond motifs is 1. The average molecular weight is 154 g/mol. The third-order valence-electron chi connectivity index (χ3n) is 3.68. The summed E-state index contributed by atoms with van der Waals surface area (Å²) in [4.78, 5) is 0. The molecular formula is C9H18Si. The van der Waals surface area contributed by atoms with Gasteiger partial charge in [0.1, 0.15) is 0 Å². The van der Waals surface area contributed by atoms with Crippen LogP contribution in [0.5, 0.6) is 0 Å². The second-order valence-electron chi connectivity index (χ2n) is 4.26. The van der Waals surface area contributed by atoms with Gasteiger partial charge in [-0.25, -0.2) is 0 Å². The van der Waals surface area contributed by atoms with E-state index in [0.29, 0.717) is 9.52 Å². The Bertz CT molecular complexity index is 122. The smallest absolute Gasteiger partial charge is 0.0235 e. The molecule has 1 aliphatic heterocycles. The van der Waals surface area contributed by atoms with Gasteiger partial charge in [0.05, 0.1) is 0 Å². The highest BCUT2D eigenvalue weighted by Crippen LogP contribution is 2.45. The van der Waals surface area contributed by atoms with E-state index in [4.69, 9.17) is 0 Å². The van der Waals surface area contributed by atoms with Crippen molar-refractivity contribution in [2.24, 2.45) is 11.8 Å². The zero-order valence-corrected chi connectivity index (χ0v) is 8.39. The largest absolute Gasteiger partial charge is 0.0623 e. The van der Waals surface area contributed by atoms with E-state index in [1.807, 2.05) is 0 Å². The van der Waals surface area contributed by atoms with Crippen molar-refractivity contribution in [2.45, 2.75) is 44.2 Å². The molecule has 2 fully saturated rings. The quantitative estimate of drug-likeness (QED) is 0.469. The predicted molar refractivity (Wildman–Crippen MR) is 48.2 cm³/mol. The number of rotatable bonds is 0. The molecule has 0 aromatic rings. The lowest BCUT2D eigenvalue weighted by Gasteiger charge is -2.30. The molecule has 0 nitrogen and oxygen atoms in total. The summed E-state index contributed by atoms with van der Waals surface area (Å²) < 4.78 is 0. The molecule has 1 heterocycles. The highest BCUT2D eigenvalue weighted by molar-refractivity contribution is 6.38. The first-order valence-electron chi connectivity index (χ1n) is 4.88. The minimum Gasteiger partial charge on any atom is -0.0623 e. The first kappa shape index (κ1) is 6.90. The molecule has 0 amide bonds. The summed E-state index contributed by atoms with van der Waals surface area (Å²) >= 11 is 0. The second-order valence-corrected chi connectivity index (χ2v) is 6.60. The van der Waals surface area contributed by atoms with Gasteiger partial charge in [-0.05, 0) is 17.4 Å². The van der Waals surface area contributed by atoms with E-state index in [-0.39, 0.29) is 0 Å². The minimum atomic E-state index is 0.406. The predicted octanol–water partition coefficient (Wildman–Crippen LogP) is 2.20. The lowest BCUT2D eigenvalue weighted by Crippen LogP contribution is -2.22. The van der Waals surface area contributed by atoms with Crippen LogP contribution in [0.4, 0.5) is 0 Å². The van der Waals surface area contributed by atoms with Crippen molar-refractivity contribution in [3.8, 4) is 0 Å². The van der Waals surface area contributed by atoms with Crippen LogP contribution in [0, 0.1) is 11.8 Å². The van der Waals surface area contributed by atoms with Crippen molar-refractivity contribution in [3.05, 3.63) is 0 Å². The van der Waals surface area contributed by atoms with Gasteiger partial charge in [0.2, 0.25) is 0 Å². The van der Waals surface area contributed by atoms with Gasteiger partial charge in [0.25, 0.3) is 0 Å². The summed E-state index contributed by atoms with van der Waals surface area (Å²) in [5.74, 6) is 2.29. The summed E-state index contributed by atoms with van der Waals surface area (Å²) in [7, 11) is 0.406. The molecule has 3 atom stereocenters. The van der Waals surface area contributed by atoms with Crippen molar-refractivity contribution in [3.63, 3.8) is 0 Å². The van der Waals surface area contributed by atoms with Crippen molar-refractivity contribution >= 4 is 9.52 Å². The topological polar surface area (TPSA) is 0 Å². The van der Waals surface area contributed by atoms with Crippen LogP contribution in [0.1, 0.15) is 32.6 Å². The standard InChI is InChI=1S/C9H18Si/c1-7-5-6-10-9-4-2-3-8(7)9/h7-9H,2-6,10H2,1H3. The van der Waals surface area contributed by atoms with E-state index in [1.54, 1.807) is 31.7 Å². The molecule has 58 valence electrons. The Morgan fingerprint density at radius 2 is 2.10 bits per heavy atom. The SMILES string of the molecule is CC1CC[SiH2]C2CCCC12. The van der Waals surface area contributed by atoms with Crippen LogP contribution in [0.25, 0.3) is 0 Å². The Hall–Kier alpha value is 0.217. The van der Waals surface area contributed by atoms with Gasteiger partial charge in [-0.1, -0.05) is 38.7 Å². The van der Waals surface area contributed by atoms with E-state index in [1.165, 1.54) is 11.5 Å².